The number of guanidine groups is 1. The van der Waals surface area contributed by atoms with Crippen LogP contribution in [0.5, 0.6) is 0 Å². The molecule has 1 aromatic carbocycles. The van der Waals surface area contributed by atoms with Gasteiger partial charge in [0.15, 0.2) is 5.96 Å². The summed E-state index contributed by atoms with van der Waals surface area (Å²) in [7, 11) is 1.71. The predicted octanol–water partition coefficient (Wildman–Crippen LogP) is 3.08. The Hall–Kier alpha value is -1.06. The molecule has 2 saturated heterocycles. The molecule has 0 spiro atoms. The van der Waals surface area contributed by atoms with E-state index in [1.165, 1.54) is 18.5 Å². The summed E-state index contributed by atoms with van der Waals surface area (Å²) >= 11 is 0. The number of anilines is 1. The van der Waals surface area contributed by atoms with E-state index in [1.54, 1.807) is 7.11 Å². The number of halogens is 1. The molecule has 1 aromatic rings. The van der Waals surface area contributed by atoms with E-state index in [0.717, 1.165) is 51.8 Å². The van der Waals surface area contributed by atoms with Crippen LogP contribution >= 0.6 is 24.0 Å². The van der Waals surface area contributed by atoms with Gasteiger partial charge in [0.1, 0.15) is 0 Å². The molecule has 2 aliphatic rings. The van der Waals surface area contributed by atoms with Gasteiger partial charge in [0.2, 0.25) is 0 Å². The second-order valence-electron chi connectivity index (χ2n) is 7.80. The molecule has 2 aliphatic heterocycles. The largest absolute Gasteiger partial charge is 0.382 e. The fraction of sp³-hybridized carbons (Fsp3) is 0.682. The van der Waals surface area contributed by atoms with Gasteiger partial charge in [0.05, 0.1) is 19.8 Å². The third-order valence-corrected chi connectivity index (χ3v) is 5.61. The lowest BCUT2D eigenvalue weighted by molar-refractivity contribution is 0.0536. The number of rotatable bonds is 9. The van der Waals surface area contributed by atoms with Gasteiger partial charge >= 0.3 is 0 Å². The van der Waals surface area contributed by atoms with Crippen molar-refractivity contribution in [3.8, 4) is 0 Å². The van der Waals surface area contributed by atoms with Crippen LogP contribution in [0.3, 0.4) is 0 Å². The first-order chi connectivity index (χ1) is 13.8. The molecule has 164 valence electrons. The van der Waals surface area contributed by atoms with E-state index >= 15 is 0 Å². The minimum absolute atomic E-state index is 0. The lowest BCUT2D eigenvalue weighted by atomic mass is 10.1. The van der Waals surface area contributed by atoms with Crippen molar-refractivity contribution in [1.82, 2.24) is 10.2 Å². The molecule has 1 N–H and O–H groups in total. The highest BCUT2D eigenvalue weighted by molar-refractivity contribution is 14.0. The quantitative estimate of drug-likeness (QED) is 0.237. The van der Waals surface area contributed by atoms with Crippen LogP contribution in [0.4, 0.5) is 5.69 Å². The molecule has 7 heteroatoms. The number of para-hydroxylation sites is 1. The summed E-state index contributed by atoms with van der Waals surface area (Å²) in [6.07, 6.45) is 2.39. The number of ether oxygens (including phenoxy) is 2. The summed E-state index contributed by atoms with van der Waals surface area (Å²) in [4.78, 5) is 9.88. The molecule has 2 unspecified atom stereocenters. The molecule has 3 rings (SSSR count). The number of nitrogens with one attached hydrogen (secondary N) is 1. The van der Waals surface area contributed by atoms with E-state index in [0.29, 0.717) is 25.0 Å². The zero-order valence-corrected chi connectivity index (χ0v) is 20.2. The van der Waals surface area contributed by atoms with E-state index < -0.39 is 0 Å². The van der Waals surface area contributed by atoms with Crippen LogP contribution in [0.1, 0.15) is 19.8 Å². The van der Waals surface area contributed by atoms with Crippen molar-refractivity contribution in [3.63, 3.8) is 0 Å². The SMILES string of the molecule is CCNC(=NCC1CCN(c2ccccc2)C1)N1CCC(COCCOC)C1.I. The van der Waals surface area contributed by atoms with Crippen LogP contribution in [-0.4, -0.2) is 77.1 Å². The first kappa shape index (κ1) is 24.2. The zero-order chi connectivity index (χ0) is 19.6. The molecule has 2 atom stereocenters. The van der Waals surface area contributed by atoms with E-state index in [9.17, 15) is 0 Å². The van der Waals surface area contributed by atoms with Crippen LogP contribution in [0.15, 0.2) is 35.3 Å². The van der Waals surface area contributed by atoms with Gasteiger partial charge in [0, 0.05) is 58.0 Å². The minimum atomic E-state index is 0. The normalized spacial score (nSPS) is 22.1. The smallest absolute Gasteiger partial charge is 0.193 e. The van der Waals surface area contributed by atoms with Gasteiger partial charge in [-0.15, -0.1) is 24.0 Å². The Morgan fingerprint density at radius 2 is 1.90 bits per heavy atom. The molecule has 0 bridgehead atoms. The predicted molar refractivity (Wildman–Crippen MR) is 131 cm³/mol. The lowest BCUT2D eigenvalue weighted by Crippen LogP contribution is -2.40. The Kier molecular flexibility index (Phi) is 11.1. The summed E-state index contributed by atoms with van der Waals surface area (Å²) in [6, 6.07) is 10.7. The Labute approximate surface area is 193 Å². The number of hydrogen-bond donors (Lipinski definition) is 1. The Bertz CT molecular complexity index is 602. The molecule has 0 amide bonds. The minimum Gasteiger partial charge on any atom is -0.382 e. The van der Waals surface area contributed by atoms with E-state index in [-0.39, 0.29) is 24.0 Å². The third kappa shape index (κ3) is 7.61. The number of aliphatic imine (C=N–C) groups is 1. The van der Waals surface area contributed by atoms with E-state index in [1.807, 2.05) is 0 Å². The maximum atomic E-state index is 5.72. The van der Waals surface area contributed by atoms with E-state index in [4.69, 9.17) is 14.5 Å². The monoisotopic (exact) mass is 516 g/mol. The van der Waals surface area contributed by atoms with Gasteiger partial charge < -0.3 is 24.6 Å². The fourth-order valence-corrected chi connectivity index (χ4v) is 4.05. The van der Waals surface area contributed by atoms with Gasteiger partial charge in [-0.1, -0.05) is 18.2 Å². The maximum Gasteiger partial charge on any atom is 0.193 e. The second-order valence-corrected chi connectivity index (χ2v) is 7.80. The number of nitrogens with zero attached hydrogens (tertiary/aromatic N) is 3. The van der Waals surface area contributed by atoms with Crippen molar-refractivity contribution < 1.29 is 9.47 Å². The molecule has 0 radical (unpaired) electrons. The van der Waals surface area contributed by atoms with Gasteiger partial charge in [0.25, 0.3) is 0 Å². The van der Waals surface area contributed by atoms with Crippen LogP contribution in [0.25, 0.3) is 0 Å². The van der Waals surface area contributed by atoms with Crippen molar-refractivity contribution in [3.05, 3.63) is 30.3 Å². The van der Waals surface area contributed by atoms with Crippen LogP contribution < -0.4 is 10.2 Å². The van der Waals surface area contributed by atoms with Crippen LogP contribution in [-0.2, 0) is 9.47 Å². The van der Waals surface area contributed by atoms with E-state index in [2.05, 4.69) is 52.4 Å². The highest BCUT2D eigenvalue weighted by Crippen LogP contribution is 2.24. The van der Waals surface area contributed by atoms with Gasteiger partial charge in [-0.05, 0) is 37.8 Å². The summed E-state index contributed by atoms with van der Waals surface area (Å²) < 4.78 is 10.8. The highest BCUT2D eigenvalue weighted by Gasteiger charge is 2.26. The average Bonchev–Trinajstić information content (AvgIpc) is 3.39. The summed E-state index contributed by atoms with van der Waals surface area (Å²) in [5, 5.41) is 3.49. The van der Waals surface area contributed by atoms with Crippen molar-refractivity contribution in [2.24, 2.45) is 16.8 Å². The molecule has 0 saturated carbocycles. The van der Waals surface area contributed by atoms with Crippen molar-refractivity contribution in [1.29, 1.82) is 0 Å². The maximum absolute atomic E-state index is 5.72. The fourth-order valence-electron chi connectivity index (χ4n) is 4.05. The van der Waals surface area contributed by atoms with Crippen LogP contribution in [0, 0.1) is 11.8 Å². The molecule has 6 nitrogen and oxygen atoms in total. The Balaban J connectivity index is 0.00000300. The van der Waals surface area contributed by atoms with Gasteiger partial charge in [-0.25, -0.2) is 0 Å². The van der Waals surface area contributed by atoms with Gasteiger partial charge in [-0.3, -0.25) is 4.99 Å². The molecular formula is C22H37IN4O2. The molecule has 2 heterocycles. The van der Waals surface area contributed by atoms with Crippen molar-refractivity contribution in [2.45, 2.75) is 19.8 Å². The van der Waals surface area contributed by atoms with Crippen molar-refractivity contribution >= 4 is 35.6 Å². The first-order valence-electron chi connectivity index (χ1n) is 10.7. The van der Waals surface area contributed by atoms with Gasteiger partial charge in [-0.2, -0.15) is 0 Å². The average molecular weight is 516 g/mol. The molecule has 29 heavy (non-hydrogen) atoms. The highest BCUT2D eigenvalue weighted by atomic mass is 127. The number of methoxy groups -OCH3 is 1. The molecule has 0 aliphatic carbocycles. The van der Waals surface area contributed by atoms with Crippen molar-refractivity contribution in [2.75, 3.05) is 71.1 Å². The topological polar surface area (TPSA) is 49.3 Å². The second kappa shape index (κ2) is 13.3. The number of likely N-dealkylation sites (tertiary alicyclic amines) is 1. The summed E-state index contributed by atoms with van der Waals surface area (Å²) in [5.41, 5.74) is 1.33. The van der Waals surface area contributed by atoms with Crippen LogP contribution in [0.2, 0.25) is 0 Å². The molecule has 2 fully saturated rings. The number of benzene rings is 1. The number of hydrogen-bond acceptors (Lipinski definition) is 4. The summed E-state index contributed by atoms with van der Waals surface area (Å²) in [5.74, 6) is 2.28. The molecule has 0 aromatic heterocycles. The molecular weight excluding hydrogens is 479 g/mol. The first-order valence-corrected chi connectivity index (χ1v) is 10.7. The standard InChI is InChI=1S/C22H36N4O2.HI/c1-3-23-22(26-12-10-20(17-26)18-28-14-13-27-2)24-15-19-9-11-25(16-19)21-7-5-4-6-8-21;/h4-8,19-20H,3,9-18H2,1-2H3,(H,23,24);1H. The lowest BCUT2D eigenvalue weighted by Gasteiger charge is -2.22. The summed E-state index contributed by atoms with van der Waals surface area (Å²) in [6.45, 7) is 10.4. The third-order valence-electron chi connectivity index (χ3n) is 5.61. The Morgan fingerprint density at radius 3 is 2.66 bits per heavy atom. The zero-order valence-electron chi connectivity index (χ0n) is 17.9. The Morgan fingerprint density at radius 1 is 1.10 bits per heavy atom.